The van der Waals surface area contributed by atoms with Gasteiger partial charge in [0.05, 0.1) is 0 Å². The number of nitrogens with zero attached hydrogens (tertiary/aromatic N) is 3. The van der Waals surface area contributed by atoms with Gasteiger partial charge in [-0.2, -0.15) is 0 Å². The molecular formula is C10H7N3O2. The molecule has 0 unspecified atom stereocenters. The molecule has 2 aromatic rings. The van der Waals surface area contributed by atoms with Gasteiger partial charge < -0.3 is 9.47 Å². The van der Waals surface area contributed by atoms with Crippen LogP contribution < -0.4 is 9.47 Å². The minimum Gasteiger partial charge on any atom is -0.454 e. The highest BCUT2D eigenvalue weighted by Gasteiger charge is 2.14. The molecule has 1 aromatic carbocycles. The number of benzene rings is 1. The predicted octanol–water partition coefficient (Wildman–Crippen LogP) is 1.27. The molecule has 2 heterocycles. The molecular weight excluding hydrogens is 194 g/mol. The Morgan fingerprint density at radius 3 is 2.67 bits per heavy atom. The van der Waals surface area contributed by atoms with Crippen molar-refractivity contribution in [2.75, 3.05) is 6.79 Å². The molecule has 0 spiro atoms. The Hall–Kier alpha value is -2.17. The van der Waals surface area contributed by atoms with E-state index in [0.717, 1.165) is 17.1 Å². The van der Waals surface area contributed by atoms with E-state index >= 15 is 0 Å². The van der Waals surface area contributed by atoms with Gasteiger partial charge in [0.2, 0.25) is 6.79 Å². The Morgan fingerprint density at radius 1 is 1.00 bits per heavy atom. The number of aromatic nitrogens is 3. The summed E-state index contributed by atoms with van der Waals surface area (Å²) >= 11 is 0. The van der Waals surface area contributed by atoms with Crippen LogP contribution in [0.15, 0.2) is 30.9 Å². The zero-order valence-electron chi connectivity index (χ0n) is 7.75. The van der Waals surface area contributed by atoms with Crippen molar-refractivity contribution in [3.05, 3.63) is 30.9 Å². The third kappa shape index (κ3) is 1.38. The molecule has 0 radical (unpaired) electrons. The van der Waals surface area contributed by atoms with Gasteiger partial charge in [-0.1, -0.05) is 0 Å². The summed E-state index contributed by atoms with van der Waals surface area (Å²) in [5.74, 6) is 2.11. The van der Waals surface area contributed by atoms with E-state index in [1.807, 2.05) is 18.2 Å². The first-order valence-corrected chi connectivity index (χ1v) is 4.45. The van der Waals surface area contributed by atoms with Crippen molar-refractivity contribution in [1.82, 2.24) is 15.0 Å². The minimum absolute atomic E-state index is 0.274. The minimum atomic E-state index is 0.274. The summed E-state index contributed by atoms with van der Waals surface area (Å²) in [5, 5.41) is 0. The van der Waals surface area contributed by atoms with Gasteiger partial charge in [-0.05, 0) is 18.2 Å². The van der Waals surface area contributed by atoms with Crippen LogP contribution in [0.5, 0.6) is 11.5 Å². The van der Waals surface area contributed by atoms with Crippen LogP contribution in [0.1, 0.15) is 0 Å². The Bertz CT molecular complexity index is 487. The van der Waals surface area contributed by atoms with Crippen LogP contribution in [0.25, 0.3) is 11.4 Å². The van der Waals surface area contributed by atoms with E-state index in [4.69, 9.17) is 9.47 Å². The second-order valence-electron chi connectivity index (χ2n) is 3.03. The highest BCUT2D eigenvalue weighted by molar-refractivity contribution is 5.61. The summed E-state index contributed by atoms with van der Waals surface area (Å²) in [6, 6.07) is 5.60. The van der Waals surface area contributed by atoms with Crippen molar-refractivity contribution >= 4 is 0 Å². The number of hydrogen-bond donors (Lipinski definition) is 0. The predicted molar refractivity (Wildman–Crippen MR) is 51.4 cm³/mol. The molecule has 74 valence electrons. The Balaban J connectivity index is 2.07. The average Bonchev–Trinajstić information content (AvgIpc) is 2.77. The second kappa shape index (κ2) is 3.20. The summed E-state index contributed by atoms with van der Waals surface area (Å²) in [4.78, 5) is 11.9. The smallest absolute Gasteiger partial charge is 0.231 e. The third-order valence-electron chi connectivity index (χ3n) is 2.12. The number of rotatable bonds is 1. The number of fused-ring (bicyclic) bond motifs is 1. The van der Waals surface area contributed by atoms with Gasteiger partial charge in [-0.3, -0.25) is 0 Å². The fraction of sp³-hybridized carbons (Fsp3) is 0.100. The van der Waals surface area contributed by atoms with Gasteiger partial charge in [0.25, 0.3) is 0 Å². The van der Waals surface area contributed by atoms with Crippen LogP contribution in [-0.4, -0.2) is 21.7 Å². The standard InChI is InChI=1S/C10H7N3O2/c1-2-8-9(15-6-14-8)3-7(1)10-12-4-11-5-13-10/h1-5H,6H2. The Morgan fingerprint density at radius 2 is 1.80 bits per heavy atom. The fourth-order valence-electron chi connectivity index (χ4n) is 1.42. The first kappa shape index (κ1) is 8.16. The topological polar surface area (TPSA) is 57.1 Å². The highest BCUT2D eigenvalue weighted by atomic mass is 16.7. The van der Waals surface area contributed by atoms with Gasteiger partial charge in [0.1, 0.15) is 12.7 Å². The average molecular weight is 201 g/mol. The van der Waals surface area contributed by atoms with E-state index in [2.05, 4.69) is 15.0 Å². The summed E-state index contributed by atoms with van der Waals surface area (Å²) < 4.78 is 10.5. The molecule has 0 atom stereocenters. The van der Waals surface area contributed by atoms with Crippen LogP contribution in [0.2, 0.25) is 0 Å². The van der Waals surface area contributed by atoms with Crippen LogP contribution in [-0.2, 0) is 0 Å². The molecule has 3 rings (SSSR count). The quantitative estimate of drug-likeness (QED) is 0.695. The van der Waals surface area contributed by atoms with Crippen molar-refractivity contribution in [1.29, 1.82) is 0 Å². The fourth-order valence-corrected chi connectivity index (χ4v) is 1.42. The van der Waals surface area contributed by atoms with E-state index in [1.54, 1.807) is 0 Å². The van der Waals surface area contributed by atoms with E-state index in [-0.39, 0.29) is 6.79 Å². The molecule has 0 bridgehead atoms. The van der Waals surface area contributed by atoms with Crippen molar-refractivity contribution in [2.24, 2.45) is 0 Å². The van der Waals surface area contributed by atoms with E-state index < -0.39 is 0 Å². The van der Waals surface area contributed by atoms with Gasteiger partial charge in [0, 0.05) is 5.56 Å². The van der Waals surface area contributed by atoms with Crippen LogP contribution in [0.4, 0.5) is 0 Å². The van der Waals surface area contributed by atoms with Crippen molar-refractivity contribution in [3.63, 3.8) is 0 Å². The summed E-state index contributed by atoms with van der Waals surface area (Å²) in [6.07, 6.45) is 2.93. The maximum atomic E-state index is 5.27. The molecule has 1 aromatic heterocycles. The van der Waals surface area contributed by atoms with Crippen LogP contribution in [0.3, 0.4) is 0 Å². The Kier molecular flexibility index (Phi) is 1.74. The van der Waals surface area contributed by atoms with E-state index in [9.17, 15) is 0 Å². The van der Waals surface area contributed by atoms with Crippen LogP contribution in [0, 0.1) is 0 Å². The molecule has 15 heavy (non-hydrogen) atoms. The highest BCUT2D eigenvalue weighted by Crippen LogP contribution is 2.34. The first-order chi connectivity index (χ1) is 7.43. The molecule has 0 fully saturated rings. The molecule has 0 N–H and O–H groups in total. The molecule has 1 aliphatic heterocycles. The lowest BCUT2D eigenvalue weighted by Gasteiger charge is -2.00. The maximum absolute atomic E-state index is 5.27. The van der Waals surface area contributed by atoms with Crippen molar-refractivity contribution in [3.8, 4) is 22.9 Å². The third-order valence-corrected chi connectivity index (χ3v) is 2.12. The summed E-state index contributed by atoms with van der Waals surface area (Å²) in [7, 11) is 0. The van der Waals surface area contributed by atoms with E-state index in [1.165, 1.54) is 12.7 Å². The number of ether oxygens (including phenoxy) is 2. The van der Waals surface area contributed by atoms with Crippen LogP contribution >= 0.6 is 0 Å². The summed E-state index contributed by atoms with van der Waals surface area (Å²) in [5.41, 5.74) is 0.890. The molecule has 5 nitrogen and oxygen atoms in total. The summed E-state index contributed by atoms with van der Waals surface area (Å²) in [6.45, 7) is 0.274. The van der Waals surface area contributed by atoms with Crippen molar-refractivity contribution in [2.45, 2.75) is 0 Å². The molecule has 0 saturated heterocycles. The van der Waals surface area contributed by atoms with Gasteiger partial charge in [-0.15, -0.1) is 0 Å². The SMILES string of the molecule is c1ncnc(-c2ccc3c(c2)OCO3)n1. The lowest BCUT2D eigenvalue weighted by Crippen LogP contribution is -1.93. The molecule has 5 heteroatoms. The van der Waals surface area contributed by atoms with Gasteiger partial charge >= 0.3 is 0 Å². The first-order valence-electron chi connectivity index (χ1n) is 4.45. The second-order valence-corrected chi connectivity index (χ2v) is 3.03. The van der Waals surface area contributed by atoms with E-state index in [0.29, 0.717) is 5.82 Å². The lowest BCUT2D eigenvalue weighted by molar-refractivity contribution is 0.174. The molecule has 0 saturated carbocycles. The normalized spacial score (nSPS) is 12.8. The monoisotopic (exact) mass is 201 g/mol. The molecule has 1 aliphatic rings. The van der Waals surface area contributed by atoms with Gasteiger partial charge in [-0.25, -0.2) is 15.0 Å². The molecule has 0 amide bonds. The maximum Gasteiger partial charge on any atom is 0.231 e. The van der Waals surface area contributed by atoms with Crippen molar-refractivity contribution < 1.29 is 9.47 Å². The Labute approximate surface area is 85.7 Å². The largest absolute Gasteiger partial charge is 0.454 e. The zero-order valence-corrected chi connectivity index (χ0v) is 7.75. The lowest BCUT2D eigenvalue weighted by atomic mass is 10.2. The molecule has 0 aliphatic carbocycles. The zero-order chi connectivity index (χ0) is 10.1. The number of hydrogen-bond acceptors (Lipinski definition) is 5. The van der Waals surface area contributed by atoms with Gasteiger partial charge in [0.15, 0.2) is 17.3 Å².